The molecule has 9 heavy (non-hydrogen) atoms. The van der Waals surface area contributed by atoms with Crippen LogP contribution in [0.2, 0.25) is 0 Å². The predicted octanol–water partition coefficient (Wildman–Crippen LogP) is 0.753. The van der Waals surface area contributed by atoms with Gasteiger partial charge in [-0.05, 0) is 18.6 Å². The third-order valence-corrected chi connectivity index (χ3v) is 1.19. The number of nitrogens with two attached hydrogens (primary N) is 1. The van der Waals surface area contributed by atoms with Crippen molar-refractivity contribution in [2.24, 2.45) is 0 Å². The normalized spacial score (nSPS) is 8.11. The van der Waals surface area contributed by atoms with Crippen molar-refractivity contribution in [1.82, 2.24) is 0 Å². The van der Waals surface area contributed by atoms with E-state index < -0.39 is 0 Å². The largest absolute Gasteiger partial charge is 0.412 e. The van der Waals surface area contributed by atoms with Gasteiger partial charge in [-0.1, -0.05) is 18.2 Å². The van der Waals surface area contributed by atoms with Crippen molar-refractivity contribution in [3.63, 3.8) is 0 Å². The third kappa shape index (κ3) is 1.74. The first-order valence-corrected chi connectivity index (χ1v) is 2.62. The Morgan fingerprint density at radius 2 is 1.78 bits per heavy atom. The quantitative estimate of drug-likeness (QED) is 0.511. The van der Waals surface area contributed by atoms with Crippen LogP contribution in [0.5, 0.6) is 0 Å². The Kier molecular flexibility index (Phi) is 2.74. The van der Waals surface area contributed by atoms with Crippen LogP contribution in [0.1, 0.15) is 5.56 Å². The number of benzene rings is 1. The molecule has 0 aliphatic heterocycles. The first-order chi connectivity index (χ1) is 3.80. The standard InChI is InChI=1S/C7H9N.H2O/c1-6-4-2-3-5-7(6)8;/h2-5H,8H2,1H3;1H2. The molecule has 1 rings (SSSR count). The van der Waals surface area contributed by atoms with Gasteiger partial charge in [0, 0.05) is 5.69 Å². The van der Waals surface area contributed by atoms with E-state index in [4.69, 9.17) is 5.73 Å². The topological polar surface area (TPSA) is 57.5 Å². The number of aryl methyl sites for hydroxylation is 1. The average Bonchev–Trinajstić information content (AvgIpc) is 1.77. The van der Waals surface area contributed by atoms with E-state index in [0.717, 1.165) is 11.3 Å². The molecule has 0 atom stereocenters. The summed E-state index contributed by atoms with van der Waals surface area (Å²) in [6.07, 6.45) is 0. The number of anilines is 1. The van der Waals surface area contributed by atoms with Crippen LogP contribution in [0.4, 0.5) is 5.69 Å². The second-order valence-corrected chi connectivity index (χ2v) is 1.86. The van der Waals surface area contributed by atoms with E-state index in [-0.39, 0.29) is 5.48 Å². The molecule has 0 saturated carbocycles. The zero-order valence-corrected chi connectivity index (χ0v) is 5.39. The summed E-state index contributed by atoms with van der Waals surface area (Å²) in [5.74, 6) is 0. The molecule has 2 heteroatoms. The molecule has 0 saturated heterocycles. The summed E-state index contributed by atoms with van der Waals surface area (Å²) < 4.78 is 0. The lowest BCUT2D eigenvalue weighted by molar-refractivity contribution is 0.824. The first-order valence-electron chi connectivity index (χ1n) is 2.62. The zero-order chi connectivity index (χ0) is 5.98. The Morgan fingerprint density at radius 3 is 2.11 bits per heavy atom. The van der Waals surface area contributed by atoms with Crippen molar-refractivity contribution in [1.29, 1.82) is 0 Å². The molecule has 1 aromatic rings. The third-order valence-electron chi connectivity index (χ3n) is 1.19. The lowest BCUT2D eigenvalue weighted by atomic mass is 10.2. The van der Waals surface area contributed by atoms with Gasteiger partial charge in [0.15, 0.2) is 0 Å². The highest BCUT2D eigenvalue weighted by Gasteiger charge is 1.84. The highest BCUT2D eigenvalue weighted by Crippen LogP contribution is 2.06. The molecule has 0 radical (unpaired) electrons. The lowest BCUT2D eigenvalue weighted by Gasteiger charge is -1.93. The molecule has 0 aromatic heterocycles. The second-order valence-electron chi connectivity index (χ2n) is 1.86. The Balaban J connectivity index is 0.000000640. The van der Waals surface area contributed by atoms with Crippen molar-refractivity contribution < 1.29 is 5.48 Å². The molecule has 1 aromatic carbocycles. The van der Waals surface area contributed by atoms with Crippen LogP contribution < -0.4 is 5.73 Å². The van der Waals surface area contributed by atoms with E-state index >= 15 is 0 Å². The van der Waals surface area contributed by atoms with Gasteiger partial charge in [0.1, 0.15) is 0 Å². The van der Waals surface area contributed by atoms with E-state index in [0.29, 0.717) is 0 Å². The van der Waals surface area contributed by atoms with Gasteiger partial charge in [-0.3, -0.25) is 0 Å². The minimum absolute atomic E-state index is 0. The van der Waals surface area contributed by atoms with E-state index in [9.17, 15) is 0 Å². The van der Waals surface area contributed by atoms with Crippen LogP contribution in [0.15, 0.2) is 24.3 Å². The number of rotatable bonds is 0. The van der Waals surface area contributed by atoms with Crippen molar-refractivity contribution in [3.8, 4) is 0 Å². The van der Waals surface area contributed by atoms with Crippen LogP contribution in [0, 0.1) is 6.92 Å². The van der Waals surface area contributed by atoms with Gasteiger partial charge < -0.3 is 11.2 Å². The minimum Gasteiger partial charge on any atom is -0.412 e. The minimum atomic E-state index is 0. The molecular formula is C7H11NO. The molecular weight excluding hydrogens is 114 g/mol. The van der Waals surface area contributed by atoms with Gasteiger partial charge in [0.2, 0.25) is 0 Å². The van der Waals surface area contributed by atoms with Crippen LogP contribution in [0.25, 0.3) is 0 Å². The van der Waals surface area contributed by atoms with Gasteiger partial charge in [0.05, 0.1) is 0 Å². The van der Waals surface area contributed by atoms with Crippen LogP contribution in [0.3, 0.4) is 0 Å². The first kappa shape index (κ1) is 7.98. The van der Waals surface area contributed by atoms with E-state index in [2.05, 4.69) is 0 Å². The molecule has 0 heterocycles. The molecule has 0 amide bonds. The highest BCUT2D eigenvalue weighted by atomic mass is 16.0. The Bertz CT molecular complexity index is 165. The molecule has 0 aliphatic carbocycles. The Morgan fingerprint density at radius 1 is 1.22 bits per heavy atom. The molecule has 4 N–H and O–H groups in total. The molecule has 0 unspecified atom stereocenters. The number of hydrogen-bond donors (Lipinski definition) is 1. The van der Waals surface area contributed by atoms with Gasteiger partial charge in [-0.15, -0.1) is 0 Å². The maximum absolute atomic E-state index is 5.52. The summed E-state index contributed by atoms with van der Waals surface area (Å²) in [5, 5.41) is 0. The molecule has 0 bridgehead atoms. The molecule has 0 fully saturated rings. The summed E-state index contributed by atoms with van der Waals surface area (Å²) in [6.45, 7) is 2.00. The van der Waals surface area contributed by atoms with Gasteiger partial charge in [-0.25, -0.2) is 0 Å². The Hall–Kier alpha value is -1.02. The smallest absolute Gasteiger partial charge is 0.0343 e. The predicted molar refractivity (Wildman–Crippen MR) is 39.2 cm³/mol. The lowest BCUT2D eigenvalue weighted by Crippen LogP contribution is -1.85. The van der Waals surface area contributed by atoms with Crippen molar-refractivity contribution in [3.05, 3.63) is 29.8 Å². The van der Waals surface area contributed by atoms with E-state index in [1.807, 2.05) is 31.2 Å². The summed E-state index contributed by atoms with van der Waals surface area (Å²) in [4.78, 5) is 0. The van der Waals surface area contributed by atoms with Gasteiger partial charge >= 0.3 is 0 Å². The fourth-order valence-corrected chi connectivity index (χ4v) is 0.587. The Labute approximate surface area is 54.6 Å². The SMILES string of the molecule is Cc1ccccc1N.O. The second kappa shape index (κ2) is 3.10. The van der Waals surface area contributed by atoms with Crippen LogP contribution in [-0.2, 0) is 0 Å². The summed E-state index contributed by atoms with van der Waals surface area (Å²) in [5.41, 5.74) is 7.53. The monoisotopic (exact) mass is 125 g/mol. The van der Waals surface area contributed by atoms with E-state index in [1.54, 1.807) is 0 Å². The number of hydrogen-bond acceptors (Lipinski definition) is 1. The number of nitrogen functional groups attached to an aromatic ring is 1. The van der Waals surface area contributed by atoms with Gasteiger partial charge in [-0.2, -0.15) is 0 Å². The van der Waals surface area contributed by atoms with Crippen molar-refractivity contribution >= 4 is 5.69 Å². The average molecular weight is 125 g/mol. The van der Waals surface area contributed by atoms with Crippen molar-refractivity contribution in [2.75, 3.05) is 5.73 Å². The summed E-state index contributed by atoms with van der Waals surface area (Å²) in [7, 11) is 0. The maximum Gasteiger partial charge on any atom is 0.0343 e. The molecule has 50 valence electrons. The fraction of sp³-hybridized carbons (Fsp3) is 0.143. The molecule has 2 nitrogen and oxygen atoms in total. The summed E-state index contributed by atoms with van der Waals surface area (Å²) in [6, 6.07) is 7.80. The fourth-order valence-electron chi connectivity index (χ4n) is 0.587. The van der Waals surface area contributed by atoms with Crippen molar-refractivity contribution in [2.45, 2.75) is 6.92 Å². The molecule has 0 aliphatic rings. The van der Waals surface area contributed by atoms with Gasteiger partial charge in [0.25, 0.3) is 0 Å². The molecule has 0 spiro atoms. The van der Waals surface area contributed by atoms with E-state index in [1.165, 1.54) is 0 Å². The maximum atomic E-state index is 5.52. The highest BCUT2D eigenvalue weighted by molar-refractivity contribution is 5.44. The zero-order valence-electron chi connectivity index (χ0n) is 5.39. The van der Waals surface area contributed by atoms with Crippen LogP contribution >= 0.6 is 0 Å². The van der Waals surface area contributed by atoms with Crippen LogP contribution in [-0.4, -0.2) is 5.48 Å². The summed E-state index contributed by atoms with van der Waals surface area (Å²) >= 11 is 0. The number of para-hydroxylation sites is 1.